The van der Waals surface area contributed by atoms with E-state index in [1.54, 1.807) is 18.2 Å². The van der Waals surface area contributed by atoms with Gasteiger partial charge in [-0.3, -0.25) is 0 Å². The van der Waals surface area contributed by atoms with Gasteiger partial charge in [-0.25, -0.2) is 14.4 Å². The zero-order valence-electron chi connectivity index (χ0n) is 9.82. The summed E-state index contributed by atoms with van der Waals surface area (Å²) < 4.78 is 14.6. The van der Waals surface area contributed by atoms with E-state index in [9.17, 15) is 4.39 Å². The Bertz CT molecular complexity index is 575. The smallest absolute Gasteiger partial charge is 0.132 e. The van der Waals surface area contributed by atoms with E-state index in [1.165, 1.54) is 6.07 Å². The Kier molecular flexibility index (Phi) is 4.04. The van der Waals surface area contributed by atoms with Crippen LogP contribution in [-0.4, -0.2) is 21.7 Å². The van der Waals surface area contributed by atoms with Crippen molar-refractivity contribution in [3.63, 3.8) is 0 Å². The maximum Gasteiger partial charge on any atom is 0.132 e. The van der Waals surface area contributed by atoms with Crippen LogP contribution in [0.2, 0.25) is 0 Å². The van der Waals surface area contributed by atoms with Gasteiger partial charge in [0.1, 0.15) is 11.6 Å². The summed E-state index contributed by atoms with van der Waals surface area (Å²) in [6.07, 6.45) is 0.365. The van der Waals surface area contributed by atoms with Crippen molar-refractivity contribution in [2.24, 2.45) is 0 Å². The van der Waals surface area contributed by atoms with Gasteiger partial charge < -0.3 is 5.11 Å². The van der Waals surface area contributed by atoms with Gasteiger partial charge in [-0.1, -0.05) is 15.9 Å². The minimum atomic E-state index is -0.328. The molecule has 0 amide bonds. The molecule has 0 saturated heterocycles. The largest absolute Gasteiger partial charge is 0.396 e. The van der Waals surface area contributed by atoms with Crippen LogP contribution in [-0.2, 0) is 6.42 Å². The Morgan fingerprint density at radius 3 is 2.78 bits per heavy atom. The Morgan fingerprint density at radius 1 is 1.28 bits per heavy atom. The summed E-state index contributed by atoms with van der Waals surface area (Å²) >= 11 is 3.31. The molecule has 0 spiro atoms. The zero-order valence-corrected chi connectivity index (χ0v) is 11.4. The SMILES string of the molecule is Cc1cc(-c2cc(Br)ccc2F)nc(CCO)n1. The first kappa shape index (κ1) is 13.1. The second-order valence-electron chi connectivity index (χ2n) is 3.91. The Morgan fingerprint density at radius 2 is 2.06 bits per heavy atom. The molecule has 1 N–H and O–H groups in total. The lowest BCUT2D eigenvalue weighted by Crippen LogP contribution is -2.02. The van der Waals surface area contributed by atoms with E-state index < -0.39 is 0 Å². The van der Waals surface area contributed by atoms with Crippen molar-refractivity contribution < 1.29 is 9.50 Å². The maximum atomic E-state index is 13.8. The lowest BCUT2D eigenvalue weighted by molar-refractivity contribution is 0.296. The second kappa shape index (κ2) is 5.54. The van der Waals surface area contributed by atoms with Crippen LogP contribution >= 0.6 is 15.9 Å². The maximum absolute atomic E-state index is 13.8. The molecule has 1 heterocycles. The third-order valence-electron chi connectivity index (χ3n) is 2.44. The third kappa shape index (κ3) is 2.91. The minimum absolute atomic E-state index is 0.0239. The topological polar surface area (TPSA) is 46.0 Å². The predicted molar refractivity (Wildman–Crippen MR) is 70.7 cm³/mol. The molecule has 0 aliphatic rings. The fourth-order valence-corrected chi connectivity index (χ4v) is 2.03. The van der Waals surface area contributed by atoms with Crippen molar-refractivity contribution >= 4 is 15.9 Å². The monoisotopic (exact) mass is 310 g/mol. The predicted octanol–water partition coefficient (Wildman–Crippen LogP) is 2.89. The molecule has 0 saturated carbocycles. The molecular formula is C13H12BrFN2O. The molecule has 94 valence electrons. The van der Waals surface area contributed by atoms with E-state index in [-0.39, 0.29) is 12.4 Å². The fraction of sp³-hybridized carbons (Fsp3) is 0.231. The summed E-state index contributed by atoms with van der Waals surface area (Å²) in [6.45, 7) is 1.80. The average Bonchev–Trinajstić information content (AvgIpc) is 2.32. The summed E-state index contributed by atoms with van der Waals surface area (Å²) in [5, 5.41) is 8.91. The minimum Gasteiger partial charge on any atom is -0.396 e. The number of halogens is 2. The standard InChI is InChI=1S/C13H12BrFN2O/c1-8-6-12(17-13(16-8)4-5-18)10-7-9(14)2-3-11(10)15/h2-3,6-7,18H,4-5H2,1H3. The number of aromatic nitrogens is 2. The lowest BCUT2D eigenvalue weighted by atomic mass is 10.1. The number of nitrogens with zero attached hydrogens (tertiary/aromatic N) is 2. The molecule has 2 rings (SSSR count). The number of aryl methyl sites for hydroxylation is 1. The quantitative estimate of drug-likeness (QED) is 0.948. The van der Waals surface area contributed by atoms with E-state index >= 15 is 0 Å². The van der Waals surface area contributed by atoms with Crippen molar-refractivity contribution in [1.29, 1.82) is 0 Å². The Labute approximate surface area is 113 Å². The molecule has 0 unspecified atom stereocenters. The lowest BCUT2D eigenvalue weighted by Gasteiger charge is -2.07. The van der Waals surface area contributed by atoms with E-state index in [4.69, 9.17) is 5.11 Å². The van der Waals surface area contributed by atoms with Crippen LogP contribution in [0.1, 0.15) is 11.5 Å². The highest BCUT2D eigenvalue weighted by Crippen LogP contribution is 2.25. The van der Waals surface area contributed by atoms with Gasteiger partial charge in [0.25, 0.3) is 0 Å². The van der Waals surface area contributed by atoms with E-state index in [0.717, 1.165) is 10.2 Å². The van der Waals surface area contributed by atoms with Gasteiger partial charge >= 0.3 is 0 Å². The molecule has 18 heavy (non-hydrogen) atoms. The van der Waals surface area contributed by atoms with Gasteiger partial charge in [-0.2, -0.15) is 0 Å². The molecule has 0 aliphatic heterocycles. The summed E-state index contributed by atoms with van der Waals surface area (Å²) in [5.41, 5.74) is 1.71. The molecule has 2 aromatic rings. The highest BCUT2D eigenvalue weighted by molar-refractivity contribution is 9.10. The van der Waals surface area contributed by atoms with Crippen LogP contribution < -0.4 is 0 Å². The van der Waals surface area contributed by atoms with E-state index in [0.29, 0.717) is 23.5 Å². The number of aliphatic hydroxyl groups is 1. The highest BCUT2D eigenvalue weighted by atomic mass is 79.9. The van der Waals surface area contributed by atoms with Gasteiger partial charge in [0, 0.05) is 22.2 Å². The number of aliphatic hydroxyl groups excluding tert-OH is 1. The van der Waals surface area contributed by atoms with Crippen LogP contribution in [0.4, 0.5) is 4.39 Å². The van der Waals surface area contributed by atoms with Crippen molar-refractivity contribution in [3.8, 4) is 11.3 Å². The second-order valence-corrected chi connectivity index (χ2v) is 4.82. The van der Waals surface area contributed by atoms with Crippen molar-refractivity contribution in [2.45, 2.75) is 13.3 Å². The van der Waals surface area contributed by atoms with Gasteiger partial charge in [-0.15, -0.1) is 0 Å². The van der Waals surface area contributed by atoms with Gasteiger partial charge in [0.15, 0.2) is 0 Å². The summed E-state index contributed by atoms with van der Waals surface area (Å²) in [7, 11) is 0. The molecule has 0 atom stereocenters. The van der Waals surface area contributed by atoms with Crippen LogP contribution in [0.25, 0.3) is 11.3 Å². The molecule has 5 heteroatoms. The van der Waals surface area contributed by atoms with Gasteiger partial charge in [0.05, 0.1) is 12.3 Å². The average molecular weight is 311 g/mol. The number of benzene rings is 1. The molecule has 0 fully saturated rings. The fourth-order valence-electron chi connectivity index (χ4n) is 1.67. The van der Waals surface area contributed by atoms with Crippen molar-refractivity contribution in [3.05, 3.63) is 46.1 Å². The van der Waals surface area contributed by atoms with Gasteiger partial charge in [0.2, 0.25) is 0 Å². The molecule has 0 bridgehead atoms. The number of rotatable bonds is 3. The molecule has 0 radical (unpaired) electrons. The number of hydrogen-bond acceptors (Lipinski definition) is 3. The summed E-state index contributed by atoms with van der Waals surface area (Å²) in [4.78, 5) is 8.46. The van der Waals surface area contributed by atoms with Crippen LogP contribution in [0, 0.1) is 12.7 Å². The normalized spacial score (nSPS) is 10.7. The van der Waals surface area contributed by atoms with E-state index in [2.05, 4.69) is 25.9 Å². The van der Waals surface area contributed by atoms with Crippen LogP contribution in [0.3, 0.4) is 0 Å². The summed E-state index contributed by atoms with van der Waals surface area (Å²) in [5.74, 6) is 0.193. The molecule has 1 aromatic carbocycles. The van der Waals surface area contributed by atoms with Crippen LogP contribution in [0.5, 0.6) is 0 Å². The summed E-state index contributed by atoms with van der Waals surface area (Å²) in [6, 6.07) is 6.44. The Hall–Kier alpha value is -1.33. The number of hydrogen-bond donors (Lipinski definition) is 1. The Balaban J connectivity index is 2.52. The van der Waals surface area contributed by atoms with Crippen molar-refractivity contribution in [2.75, 3.05) is 6.61 Å². The highest BCUT2D eigenvalue weighted by Gasteiger charge is 2.09. The van der Waals surface area contributed by atoms with Gasteiger partial charge in [-0.05, 0) is 31.2 Å². The third-order valence-corrected chi connectivity index (χ3v) is 2.93. The first-order valence-electron chi connectivity index (χ1n) is 5.51. The molecule has 3 nitrogen and oxygen atoms in total. The van der Waals surface area contributed by atoms with Crippen molar-refractivity contribution in [1.82, 2.24) is 9.97 Å². The van der Waals surface area contributed by atoms with Crippen LogP contribution in [0.15, 0.2) is 28.7 Å². The molecular weight excluding hydrogens is 299 g/mol. The molecule has 1 aromatic heterocycles. The zero-order chi connectivity index (χ0) is 13.1. The first-order valence-corrected chi connectivity index (χ1v) is 6.30. The van der Waals surface area contributed by atoms with E-state index in [1.807, 2.05) is 6.92 Å². The first-order chi connectivity index (χ1) is 8.60. The molecule has 0 aliphatic carbocycles.